The molecule has 0 aliphatic carbocycles. The Balaban J connectivity index is 1.97. The Morgan fingerprint density at radius 2 is 2.11 bits per heavy atom. The van der Waals surface area contributed by atoms with Crippen LogP contribution in [-0.4, -0.2) is 20.0 Å². The highest BCUT2D eigenvalue weighted by Gasteiger charge is 2.15. The molecule has 98 valence electrons. The van der Waals surface area contributed by atoms with Gasteiger partial charge in [-0.15, -0.1) is 16.4 Å². The lowest BCUT2D eigenvalue weighted by Crippen LogP contribution is -2.08. The average Bonchev–Trinajstić information content (AvgIpc) is 2.92. The molecule has 1 aromatic carbocycles. The van der Waals surface area contributed by atoms with Crippen molar-refractivity contribution in [3.05, 3.63) is 35.0 Å². The van der Waals surface area contributed by atoms with Crippen LogP contribution in [0.1, 0.15) is 30.5 Å². The van der Waals surface area contributed by atoms with E-state index in [1.54, 1.807) is 11.3 Å². The summed E-state index contributed by atoms with van der Waals surface area (Å²) in [6.07, 6.45) is 0. The van der Waals surface area contributed by atoms with E-state index < -0.39 is 0 Å². The number of nitrogens with two attached hydrogens (primary N) is 1. The molecule has 0 amide bonds. The second-order valence-corrected chi connectivity index (χ2v) is 5.86. The third-order valence-electron chi connectivity index (χ3n) is 2.97. The van der Waals surface area contributed by atoms with E-state index in [0.29, 0.717) is 18.3 Å². The van der Waals surface area contributed by atoms with Crippen LogP contribution in [0.25, 0.3) is 10.2 Å². The molecule has 0 saturated carbocycles. The minimum absolute atomic E-state index is 0.296. The van der Waals surface area contributed by atoms with Crippen LogP contribution in [0.4, 0.5) is 5.82 Å². The van der Waals surface area contributed by atoms with Gasteiger partial charge in [0.15, 0.2) is 5.82 Å². The zero-order valence-corrected chi connectivity index (χ0v) is 11.7. The summed E-state index contributed by atoms with van der Waals surface area (Å²) >= 11 is 1.68. The normalized spacial score (nSPS) is 11.5. The van der Waals surface area contributed by atoms with Gasteiger partial charge in [0.1, 0.15) is 5.01 Å². The summed E-state index contributed by atoms with van der Waals surface area (Å²) in [6.45, 7) is 4.80. The van der Waals surface area contributed by atoms with E-state index in [-0.39, 0.29) is 0 Å². The van der Waals surface area contributed by atoms with Crippen LogP contribution in [0.2, 0.25) is 0 Å². The zero-order chi connectivity index (χ0) is 13.4. The van der Waals surface area contributed by atoms with E-state index in [0.717, 1.165) is 16.2 Å². The number of benzene rings is 1. The average molecular weight is 273 g/mol. The number of rotatable bonds is 3. The molecule has 0 atom stereocenters. The predicted molar refractivity (Wildman–Crippen MR) is 77.2 cm³/mol. The number of hydrogen-bond donors (Lipinski definition) is 1. The first kappa shape index (κ1) is 12.1. The molecule has 3 rings (SSSR count). The topological polar surface area (TPSA) is 69.6 Å². The molecule has 0 aliphatic rings. The van der Waals surface area contributed by atoms with Gasteiger partial charge in [-0.25, -0.2) is 9.67 Å². The second-order valence-electron chi connectivity index (χ2n) is 4.75. The second kappa shape index (κ2) is 4.62. The van der Waals surface area contributed by atoms with Gasteiger partial charge in [0.25, 0.3) is 0 Å². The standard InChI is InChI=1S/C13H15N5S/c1-8(2)12-13(14)16-17-18(12)7-11-15-9-5-3-4-6-10(9)19-11/h3-6,8H,7,14H2,1-2H3. The van der Waals surface area contributed by atoms with Crippen LogP contribution in [0.3, 0.4) is 0 Å². The molecule has 2 N–H and O–H groups in total. The Hall–Kier alpha value is -1.95. The fourth-order valence-corrected chi connectivity index (χ4v) is 3.11. The molecular weight excluding hydrogens is 258 g/mol. The molecule has 0 aliphatic heterocycles. The fraction of sp³-hybridized carbons (Fsp3) is 0.308. The van der Waals surface area contributed by atoms with Crippen LogP contribution >= 0.6 is 11.3 Å². The van der Waals surface area contributed by atoms with Gasteiger partial charge in [0, 0.05) is 0 Å². The smallest absolute Gasteiger partial charge is 0.169 e. The predicted octanol–water partition coefficient (Wildman–Crippen LogP) is 2.64. The Labute approximate surface area is 115 Å². The van der Waals surface area contributed by atoms with E-state index in [2.05, 4.69) is 35.2 Å². The number of para-hydroxylation sites is 1. The van der Waals surface area contributed by atoms with Crippen LogP contribution < -0.4 is 5.73 Å². The highest BCUT2D eigenvalue weighted by molar-refractivity contribution is 7.18. The maximum atomic E-state index is 5.86. The molecule has 2 heterocycles. The molecule has 3 aromatic rings. The number of thiazole rings is 1. The van der Waals surface area contributed by atoms with Crippen molar-refractivity contribution < 1.29 is 0 Å². The van der Waals surface area contributed by atoms with E-state index in [4.69, 9.17) is 5.73 Å². The van der Waals surface area contributed by atoms with Gasteiger partial charge in [0.2, 0.25) is 0 Å². The molecule has 2 aromatic heterocycles. The molecular formula is C13H15N5S. The van der Waals surface area contributed by atoms with Gasteiger partial charge < -0.3 is 5.73 Å². The quantitative estimate of drug-likeness (QED) is 0.796. The van der Waals surface area contributed by atoms with Crippen LogP contribution in [0.5, 0.6) is 0 Å². The number of nitrogen functional groups attached to an aromatic ring is 1. The molecule has 0 saturated heterocycles. The van der Waals surface area contributed by atoms with Crippen LogP contribution in [-0.2, 0) is 6.54 Å². The fourth-order valence-electron chi connectivity index (χ4n) is 2.16. The minimum atomic E-state index is 0.296. The first-order valence-corrected chi connectivity index (χ1v) is 7.00. The van der Waals surface area contributed by atoms with E-state index >= 15 is 0 Å². The van der Waals surface area contributed by atoms with Gasteiger partial charge in [-0.1, -0.05) is 31.2 Å². The van der Waals surface area contributed by atoms with Crippen molar-refractivity contribution in [3.63, 3.8) is 0 Å². The molecule has 0 fully saturated rings. The number of aromatic nitrogens is 4. The van der Waals surface area contributed by atoms with Crippen molar-refractivity contribution >= 4 is 27.4 Å². The van der Waals surface area contributed by atoms with Crippen molar-refractivity contribution in [2.75, 3.05) is 5.73 Å². The molecule has 0 bridgehead atoms. The lowest BCUT2D eigenvalue weighted by atomic mass is 10.1. The van der Waals surface area contributed by atoms with Crippen molar-refractivity contribution in [2.45, 2.75) is 26.3 Å². The highest BCUT2D eigenvalue weighted by Crippen LogP contribution is 2.24. The van der Waals surface area contributed by atoms with Gasteiger partial charge >= 0.3 is 0 Å². The summed E-state index contributed by atoms with van der Waals surface area (Å²) in [7, 11) is 0. The summed E-state index contributed by atoms with van der Waals surface area (Å²) in [5.74, 6) is 0.806. The summed E-state index contributed by atoms with van der Waals surface area (Å²) in [6, 6.07) is 8.13. The largest absolute Gasteiger partial charge is 0.381 e. The van der Waals surface area contributed by atoms with E-state index in [1.807, 2.05) is 22.9 Å². The molecule has 0 spiro atoms. The van der Waals surface area contributed by atoms with Gasteiger partial charge in [0.05, 0.1) is 22.5 Å². The maximum absolute atomic E-state index is 5.86. The summed E-state index contributed by atoms with van der Waals surface area (Å²) in [4.78, 5) is 4.61. The Morgan fingerprint density at radius 1 is 1.32 bits per heavy atom. The van der Waals surface area contributed by atoms with Gasteiger partial charge in [-0.3, -0.25) is 0 Å². The summed E-state index contributed by atoms with van der Waals surface area (Å²) in [5, 5.41) is 9.09. The SMILES string of the molecule is CC(C)c1c(N)nnn1Cc1nc2ccccc2s1. The Kier molecular flexibility index (Phi) is 2.94. The molecule has 5 nitrogen and oxygen atoms in total. The first-order valence-electron chi connectivity index (χ1n) is 6.18. The Bertz CT molecular complexity index is 680. The van der Waals surface area contributed by atoms with Crippen LogP contribution in [0.15, 0.2) is 24.3 Å². The van der Waals surface area contributed by atoms with Crippen LogP contribution in [0, 0.1) is 0 Å². The maximum Gasteiger partial charge on any atom is 0.169 e. The highest BCUT2D eigenvalue weighted by atomic mass is 32.1. The number of fused-ring (bicyclic) bond motifs is 1. The van der Waals surface area contributed by atoms with E-state index in [9.17, 15) is 0 Å². The molecule has 19 heavy (non-hydrogen) atoms. The lowest BCUT2D eigenvalue weighted by molar-refractivity contribution is 0.597. The van der Waals surface area contributed by atoms with Crippen molar-refractivity contribution in [1.82, 2.24) is 20.0 Å². The molecule has 0 unspecified atom stereocenters. The van der Waals surface area contributed by atoms with Crippen molar-refractivity contribution in [3.8, 4) is 0 Å². The number of anilines is 1. The Morgan fingerprint density at radius 3 is 2.84 bits per heavy atom. The summed E-state index contributed by atoms with van der Waals surface area (Å²) in [5.41, 5.74) is 7.86. The number of hydrogen-bond acceptors (Lipinski definition) is 5. The number of nitrogens with zero attached hydrogens (tertiary/aromatic N) is 4. The monoisotopic (exact) mass is 273 g/mol. The zero-order valence-electron chi connectivity index (χ0n) is 10.9. The third kappa shape index (κ3) is 2.19. The van der Waals surface area contributed by atoms with E-state index in [1.165, 1.54) is 4.70 Å². The minimum Gasteiger partial charge on any atom is -0.381 e. The summed E-state index contributed by atoms with van der Waals surface area (Å²) < 4.78 is 3.04. The van der Waals surface area contributed by atoms with Gasteiger partial charge in [-0.2, -0.15) is 0 Å². The van der Waals surface area contributed by atoms with Gasteiger partial charge in [-0.05, 0) is 18.1 Å². The first-order chi connectivity index (χ1) is 9.15. The third-order valence-corrected chi connectivity index (χ3v) is 3.99. The molecule has 0 radical (unpaired) electrons. The van der Waals surface area contributed by atoms with Crippen molar-refractivity contribution in [1.29, 1.82) is 0 Å². The molecule has 6 heteroatoms. The van der Waals surface area contributed by atoms with Crippen molar-refractivity contribution in [2.24, 2.45) is 0 Å². The lowest BCUT2D eigenvalue weighted by Gasteiger charge is -2.07.